The second-order valence-electron chi connectivity index (χ2n) is 4.79. The molecule has 5 nitrogen and oxygen atoms in total. The van der Waals surface area contributed by atoms with Crippen LogP contribution in [0.1, 0.15) is 18.4 Å². The Morgan fingerprint density at radius 2 is 2.26 bits per heavy atom. The second-order valence-corrected chi connectivity index (χ2v) is 6.75. The number of hydrogen-bond acceptors (Lipinski definition) is 4. The molecule has 0 amide bonds. The van der Waals surface area contributed by atoms with E-state index in [0.717, 1.165) is 18.5 Å². The molecule has 1 heterocycles. The van der Waals surface area contributed by atoms with Crippen molar-refractivity contribution in [1.82, 2.24) is 5.32 Å². The molecule has 1 aliphatic heterocycles. The number of benzene rings is 1. The van der Waals surface area contributed by atoms with E-state index in [1.54, 1.807) is 6.07 Å². The maximum atomic E-state index is 12.1. The number of nitrogens with one attached hydrogen (secondary N) is 2. The molecule has 0 spiro atoms. The van der Waals surface area contributed by atoms with Crippen LogP contribution in [-0.2, 0) is 16.4 Å². The zero-order chi connectivity index (χ0) is 13.7. The van der Waals surface area contributed by atoms with Crippen LogP contribution in [0, 0.1) is 0 Å². The molecule has 19 heavy (non-hydrogen) atoms. The largest absolute Gasteiger partial charge is 0.396 e. The van der Waals surface area contributed by atoms with Crippen LogP contribution in [0.4, 0.5) is 5.69 Å². The Morgan fingerprint density at radius 3 is 2.95 bits per heavy atom. The highest BCUT2D eigenvalue weighted by molar-refractivity contribution is 7.93. The van der Waals surface area contributed by atoms with E-state index in [4.69, 9.17) is 5.11 Å². The summed E-state index contributed by atoms with van der Waals surface area (Å²) in [6.07, 6.45) is 2.08. The lowest BCUT2D eigenvalue weighted by atomic mass is 10.1. The monoisotopic (exact) mass is 284 g/mol. The van der Waals surface area contributed by atoms with Gasteiger partial charge in [-0.25, -0.2) is 8.42 Å². The van der Waals surface area contributed by atoms with Crippen LogP contribution in [0.2, 0.25) is 0 Å². The molecule has 0 aliphatic carbocycles. The van der Waals surface area contributed by atoms with Crippen molar-refractivity contribution in [1.29, 1.82) is 0 Å². The minimum atomic E-state index is -3.31. The molecule has 1 atom stereocenters. The Hall–Kier alpha value is -1.11. The van der Waals surface area contributed by atoms with Crippen LogP contribution in [0.15, 0.2) is 24.3 Å². The quantitative estimate of drug-likeness (QED) is 0.719. The molecule has 3 N–H and O–H groups in total. The molecule has 0 aromatic heterocycles. The molecule has 1 unspecified atom stereocenters. The van der Waals surface area contributed by atoms with Crippen LogP contribution < -0.4 is 10.0 Å². The molecule has 106 valence electrons. The molecule has 1 saturated heterocycles. The molecule has 6 heteroatoms. The molecular formula is C13H20N2O3S. The van der Waals surface area contributed by atoms with Gasteiger partial charge in [0.1, 0.15) is 0 Å². The summed E-state index contributed by atoms with van der Waals surface area (Å²) in [5, 5.41) is 11.5. The zero-order valence-corrected chi connectivity index (χ0v) is 11.6. The van der Waals surface area contributed by atoms with Crippen LogP contribution in [0.5, 0.6) is 0 Å². The topological polar surface area (TPSA) is 78.4 Å². The number of hydrogen-bond donors (Lipinski definition) is 3. The van der Waals surface area contributed by atoms with E-state index in [9.17, 15) is 8.42 Å². The van der Waals surface area contributed by atoms with Gasteiger partial charge in [0, 0.05) is 18.8 Å². The second kappa shape index (κ2) is 6.36. The maximum Gasteiger partial charge on any atom is 0.236 e. The molecule has 0 saturated carbocycles. The highest BCUT2D eigenvalue weighted by atomic mass is 32.2. The predicted molar refractivity (Wildman–Crippen MR) is 75.7 cm³/mol. The van der Waals surface area contributed by atoms with Gasteiger partial charge in [-0.2, -0.15) is 0 Å². The minimum Gasteiger partial charge on any atom is -0.396 e. The molecule has 0 bridgehead atoms. The van der Waals surface area contributed by atoms with Gasteiger partial charge in [-0.1, -0.05) is 12.1 Å². The molecular weight excluding hydrogens is 264 g/mol. The normalized spacial score (nSPS) is 19.5. The summed E-state index contributed by atoms with van der Waals surface area (Å²) in [7, 11) is -3.31. The Balaban J connectivity index is 2.05. The Labute approximate surface area is 114 Å². The number of aliphatic hydroxyl groups excluding tert-OH is 1. The molecule has 1 aliphatic rings. The fourth-order valence-corrected chi connectivity index (χ4v) is 3.60. The van der Waals surface area contributed by atoms with Crippen molar-refractivity contribution < 1.29 is 13.5 Å². The fourth-order valence-electron chi connectivity index (χ4n) is 2.21. The number of aryl methyl sites for hydroxylation is 1. The van der Waals surface area contributed by atoms with Crippen molar-refractivity contribution in [2.75, 3.05) is 24.4 Å². The van der Waals surface area contributed by atoms with Crippen molar-refractivity contribution in [3.05, 3.63) is 29.8 Å². The molecule has 1 fully saturated rings. The first-order valence-corrected chi connectivity index (χ1v) is 8.08. The average Bonchev–Trinajstić information content (AvgIpc) is 2.91. The number of rotatable bonds is 6. The number of sulfonamides is 1. The third kappa shape index (κ3) is 3.92. The summed E-state index contributed by atoms with van der Waals surface area (Å²) < 4.78 is 26.9. The van der Waals surface area contributed by atoms with Gasteiger partial charge in [-0.3, -0.25) is 4.72 Å². The van der Waals surface area contributed by atoms with Crippen LogP contribution >= 0.6 is 0 Å². The highest BCUT2D eigenvalue weighted by Gasteiger charge is 2.28. The molecule has 0 radical (unpaired) electrons. The third-order valence-electron chi connectivity index (χ3n) is 3.26. The first kappa shape index (κ1) is 14.3. The van der Waals surface area contributed by atoms with Crippen molar-refractivity contribution >= 4 is 15.7 Å². The summed E-state index contributed by atoms with van der Waals surface area (Å²) in [6.45, 7) is 1.41. The van der Waals surface area contributed by atoms with Crippen LogP contribution in [0.25, 0.3) is 0 Å². The predicted octanol–water partition coefficient (Wildman–Crippen LogP) is 0.715. The van der Waals surface area contributed by atoms with Crippen LogP contribution in [0.3, 0.4) is 0 Å². The van der Waals surface area contributed by atoms with Gasteiger partial charge in [0.05, 0.1) is 5.25 Å². The standard InChI is InChI=1S/C13H20N2O3S/c16-8-2-4-11-3-1-5-12(9-11)15-19(17,18)13-6-7-14-10-13/h1,3,5,9,13-16H,2,4,6-8,10H2. The van der Waals surface area contributed by atoms with E-state index in [1.807, 2.05) is 18.2 Å². The van der Waals surface area contributed by atoms with E-state index < -0.39 is 10.0 Å². The summed E-state index contributed by atoms with van der Waals surface area (Å²) in [6, 6.07) is 7.35. The van der Waals surface area contributed by atoms with E-state index in [0.29, 0.717) is 25.1 Å². The van der Waals surface area contributed by atoms with Gasteiger partial charge in [-0.15, -0.1) is 0 Å². The first-order valence-electron chi connectivity index (χ1n) is 6.54. The average molecular weight is 284 g/mol. The summed E-state index contributed by atoms with van der Waals surface area (Å²) >= 11 is 0. The summed E-state index contributed by atoms with van der Waals surface area (Å²) in [5.41, 5.74) is 1.63. The van der Waals surface area contributed by atoms with Gasteiger partial charge in [0.15, 0.2) is 0 Å². The van der Waals surface area contributed by atoms with Gasteiger partial charge < -0.3 is 10.4 Å². The number of anilines is 1. The van der Waals surface area contributed by atoms with Gasteiger partial charge in [-0.05, 0) is 43.5 Å². The lowest BCUT2D eigenvalue weighted by Gasteiger charge is -2.13. The zero-order valence-electron chi connectivity index (χ0n) is 10.8. The fraction of sp³-hybridized carbons (Fsp3) is 0.538. The van der Waals surface area contributed by atoms with Gasteiger partial charge in [0.2, 0.25) is 10.0 Å². The Kier molecular flexibility index (Phi) is 4.79. The first-order chi connectivity index (χ1) is 9.12. The summed E-state index contributed by atoms with van der Waals surface area (Å²) in [5.74, 6) is 0. The van der Waals surface area contributed by atoms with E-state index >= 15 is 0 Å². The van der Waals surface area contributed by atoms with Crippen molar-refractivity contribution in [2.45, 2.75) is 24.5 Å². The molecule has 2 rings (SSSR count). The van der Waals surface area contributed by atoms with Gasteiger partial charge in [0.25, 0.3) is 0 Å². The summed E-state index contributed by atoms with van der Waals surface area (Å²) in [4.78, 5) is 0. The third-order valence-corrected chi connectivity index (χ3v) is 5.06. The lowest BCUT2D eigenvalue weighted by Crippen LogP contribution is -2.29. The smallest absolute Gasteiger partial charge is 0.236 e. The van der Waals surface area contributed by atoms with Crippen molar-refractivity contribution in [2.24, 2.45) is 0 Å². The highest BCUT2D eigenvalue weighted by Crippen LogP contribution is 2.17. The van der Waals surface area contributed by atoms with Crippen molar-refractivity contribution in [3.8, 4) is 0 Å². The SMILES string of the molecule is O=S(=O)(Nc1cccc(CCCO)c1)C1CCNC1. The van der Waals surface area contributed by atoms with E-state index in [1.165, 1.54) is 0 Å². The van der Waals surface area contributed by atoms with Crippen molar-refractivity contribution in [3.63, 3.8) is 0 Å². The van der Waals surface area contributed by atoms with E-state index in [2.05, 4.69) is 10.0 Å². The lowest BCUT2D eigenvalue weighted by molar-refractivity contribution is 0.288. The Morgan fingerprint density at radius 1 is 1.42 bits per heavy atom. The van der Waals surface area contributed by atoms with Crippen LogP contribution in [-0.4, -0.2) is 38.5 Å². The van der Waals surface area contributed by atoms with Gasteiger partial charge >= 0.3 is 0 Å². The number of aliphatic hydroxyl groups is 1. The van der Waals surface area contributed by atoms with E-state index in [-0.39, 0.29) is 11.9 Å². The Bertz CT molecular complexity index is 510. The minimum absolute atomic E-state index is 0.143. The maximum absolute atomic E-state index is 12.1. The molecule has 1 aromatic rings. The molecule has 1 aromatic carbocycles.